The van der Waals surface area contributed by atoms with Crippen LogP contribution >= 0.6 is 0 Å². The monoisotopic (exact) mass is 346 g/mol. The van der Waals surface area contributed by atoms with Crippen LogP contribution in [0, 0.1) is 25.7 Å². The van der Waals surface area contributed by atoms with Crippen molar-refractivity contribution < 1.29 is 9.59 Å². The lowest BCUT2D eigenvalue weighted by atomic mass is 9.84. The summed E-state index contributed by atoms with van der Waals surface area (Å²) in [5.41, 5.74) is 3.13. The van der Waals surface area contributed by atoms with Crippen LogP contribution in [0.1, 0.15) is 62.4 Å². The highest BCUT2D eigenvalue weighted by Crippen LogP contribution is 2.27. The average molecular weight is 346 g/mol. The third-order valence-electron chi connectivity index (χ3n) is 5.55. The topological polar surface area (TPSA) is 86.9 Å². The molecule has 0 unspecified atom stereocenters. The summed E-state index contributed by atoms with van der Waals surface area (Å²) in [7, 11) is 0. The highest BCUT2D eigenvalue weighted by molar-refractivity contribution is 5.80. The van der Waals surface area contributed by atoms with Crippen LogP contribution in [-0.2, 0) is 16.0 Å². The van der Waals surface area contributed by atoms with Gasteiger partial charge in [-0.1, -0.05) is 13.3 Å². The first-order chi connectivity index (χ1) is 11.9. The van der Waals surface area contributed by atoms with E-state index in [2.05, 4.69) is 20.8 Å². The van der Waals surface area contributed by atoms with Gasteiger partial charge in [0.1, 0.15) is 0 Å². The van der Waals surface area contributed by atoms with E-state index in [1.165, 1.54) is 0 Å². The number of carbonyl (C=O) groups excluding carboxylic acids is 2. The van der Waals surface area contributed by atoms with Crippen molar-refractivity contribution in [2.45, 2.75) is 77.8 Å². The minimum absolute atomic E-state index is 0.0494. The van der Waals surface area contributed by atoms with E-state index in [9.17, 15) is 9.59 Å². The first-order valence-corrected chi connectivity index (χ1v) is 9.55. The lowest BCUT2D eigenvalue weighted by molar-refractivity contribution is -0.129. The molecule has 1 aromatic rings. The number of aromatic amines is 1. The molecule has 3 rings (SSSR count). The summed E-state index contributed by atoms with van der Waals surface area (Å²) in [6, 6.07) is 0.522. The Hall–Kier alpha value is -1.85. The van der Waals surface area contributed by atoms with Gasteiger partial charge in [0.2, 0.25) is 11.8 Å². The second kappa shape index (κ2) is 7.58. The lowest BCUT2D eigenvalue weighted by Crippen LogP contribution is -2.44. The zero-order valence-corrected chi connectivity index (χ0v) is 15.5. The number of carbonyl (C=O) groups is 2. The molecule has 0 aliphatic heterocycles. The van der Waals surface area contributed by atoms with E-state index in [-0.39, 0.29) is 29.7 Å². The van der Waals surface area contributed by atoms with E-state index in [1.807, 2.05) is 20.8 Å². The predicted molar refractivity (Wildman–Crippen MR) is 96.0 cm³/mol. The molecule has 0 bridgehead atoms. The number of aromatic nitrogens is 2. The van der Waals surface area contributed by atoms with E-state index in [0.717, 1.165) is 55.5 Å². The Kier molecular flexibility index (Phi) is 5.45. The van der Waals surface area contributed by atoms with Crippen molar-refractivity contribution in [3.8, 4) is 0 Å². The number of nitrogens with one attached hydrogen (secondary N) is 3. The molecule has 0 aromatic carbocycles. The minimum Gasteiger partial charge on any atom is -0.353 e. The second-order valence-corrected chi connectivity index (χ2v) is 7.87. The molecule has 138 valence electrons. The quantitative estimate of drug-likeness (QED) is 0.738. The molecule has 0 spiro atoms. The number of aryl methyl sites for hydroxylation is 2. The zero-order chi connectivity index (χ0) is 18.0. The number of hydrogen-bond acceptors (Lipinski definition) is 3. The molecule has 3 N–H and O–H groups in total. The Morgan fingerprint density at radius 1 is 1.16 bits per heavy atom. The SMILES string of the molecule is Cc1n[nH]c(C)c1C[C@H](C)C(=O)N[C@@H]1CCC[C@H](C(=O)NC2CC2)C1. The zero-order valence-electron chi connectivity index (χ0n) is 15.5. The molecular weight excluding hydrogens is 316 g/mol. The number of rotatable bonds is 6. The van der Waals surface area contributed by atoms with Crippen LogP contribution in [0.4, 0.5) is 0 Å². The van der Waals surface area contributed by atoms with Crippen molar-refractivity contribution in [2.75, 3.05) is 0 Å². The molecule has 6 heteroatoms. The minimum atomic E-state index is -0.101. The Bertz CT molecular complexity index is 616. The van der Waals surface area contributed by atoms with Gasteiger partial charge in [0.05, 0.1) is 5.69 Å². The van der Waals surface area contributed by atoms with Gasteiger partial charge in [0, 0.05) is 29.6 Å². The van der Waals surface area contributed by atoms with E-state index in [4.69, 9.17) is 0 Å². The molecule has 1 heterocycles. The lowest BCUT2D eigenvalue weighted by Gasteiger charge is -2.30. The van der Waals surface area contributed by atoms with Gasteiger partial charge in [-0.3, -0.25) is 14.7 Å². The van der Waals surface area contributed by atoms with Crippen molar-refractivity contribution in [3.05, 3.63) is 17.0 Å². The van der Waals surface area contributed by atoms with Gasteiger partial charge in [0.25, 0.3) is 0 Å². The number of nitrogens with zero attached hydrogens (tertiary/aromatic N) is 1. The van der Waals surface area contributed by atoms with Crippen LogP contribution < -0.4 is 10.6 Å². The van der Waals surface area contributed by atoms with Crippen LogP contribution in [0.3, 0.4) is 0 Å². The van der Waals surface area contributed by atoms with Crippen LogP contribution in [0.2, 0.25) is 0 Å². The average Bonchev–Trinajstić information content (AvgIpc) is 3.35. The Morgan fingerprint density at radius 3 is 2.56 bits per heavy atom. The normalized spacial score (nSPS) is 24.6. The van der Waals surface area contributed by atoms with Gasteiger partial charge in [0.15, 0.2) is 0 Å². The molecule has 3 atom stereocenters. The molecule has 6 nitrogen and oxygen atoms in total. The summed E-state index contributed by atoms with van der Waals surface area (Å²) in [5, 5.41) is 13.5. The van der Waals surface area contributed by atoms with Crippen molar-refractivity contribution in [1.29, 1.82) is 0 Å². The summed E-state index contributed by atoms with van der Waals surface area (Å²) >= 11 is 0. The molecular formula is C19H30N4O2. The van der Waals surface area contributed by atoms with Gasteiger partial charge >= 0.3 is 0 Å². The molecule has 0 radical (unpaired) electrons. The molecule has 2 fully saturated rings. The summed E-state index contributed by atoms with van der Waals surface area (Å²) in [5.74, 6) is 0.205. The Balaban J connectivity index is 1.50. The Morgan fingerprint density at radius 2 is 1.92 bits per heavy atom. The van der Waals surface area contributed by atoms with Crippen LogP contribution in [0.15, 0.2) is 0 Å². The van der Waals surface area contributed by atoms with Crippen LogP contribution in [-0.4, -0.2) is 34.1 Å². The highest BCUT2D eigenvalue weighted by Gasteiger charge is 2.32. The molecule has 25 heavy (non-hydrogen) atoms. The fraction of sp³-hybridized carbons (Fsp3) is 0.737. The number of H-pyrrole nitrogens is 1. The number of amides is 2. The summed E-state index contributed by atoms with van der Waals surface area (Å²) < 4.78 is 0. The second-order valence-electron chi connectivity index (χ2n) is 7.87. The fourth-order valence-electron chi connectivity index (χ4n) is 3.72. The van der Waals surface area contributed by atoms with Gasteiger partial charge < -0.3 is 10.6 Å². The van der Waals surface area contributed by atoms with Crippen molar-refractivity contribution >= 4 is 11.8 Å². The Labute approximate surface area is 149 Å². The van der Waals surface area contributed by atoms with Gasteiger partial charge in [-0.2, -0.15) is 5.10 Å². The summed E-state index contributed by atoms with van der Waals surface area (Å²) in [4.78, 5) is 24.8. The largest absolute Gasteiger partial charge is 0.353 e. The summed E-state index contributed by atoms with van der Waals surface area (Å²) in [6.07, 6.45) is 6.59. The van der Waals surface area contributed by atoms with Crippen molar-refractivity contribution in [1.82, 2.24) is 20.8 Å². The van der Waals surface area contributed by atoms with Crippen molar-refractivity contribution in [3.63, 3.8) is 0 Å². The van der Waals surface area contributed by atoms with E-state index in [1.54, 1.807) is 0 Å². The van der Waals surface area contributed by atoms with Crippen molar-refractivity contribution in [2.24, 2.45) is 11.8 Å². The predicted octanol–water partition coefficient (Wildman–Crippen LogP) is 2.16. The maximum Gasteiger partial charge on any atom is 0.223 e. The van der Waals surface area contributed by atoms with Crippen LogP contribution in [0.25, 0.3) is 0 Å². The van der Waals surface area contributed by atoms with Crippen LogP contribution in [0.5, 0.6) is 0 Å². The van der Waals surface area contributed by atoms with Gasteiger partial charge in [-0.25, -0.2) is 0 Å². The molecule has 0 saturated heterocycles. The van der Waals surface area contributed by atoms with Gasteiger partial charge in [-0.15, -0.1) is 0 Å². The number of hydrogen-bond donors (Lipinski definition) is 3. The summed E-state index contributed by atoms with van der Waals surface area (Å²) in [6.45, 7) is 5.92. The molecule has 2 saturated carbocycles. The van der Waals surface area contributed by atoms with E-state index < -0.39 is 0 Å². The fourth-order valence-corrected chi connectivity index (χ4v) is 3.72. The molecule has 2 amide bonds. The molecule has 2 aliphatic carbocycles. The first kappa shape index (κ1) is 18.0. The maximum atomic E-state index is 12.6. The molecule has 1 aromatic heterocycles. The standard InChI is InChI=1S/C19H30N4O2/c1-11(9-17-12(2)22-23-13(17)3)18(24)21-16-6-4-5-14(10-16)19(25)20-15-7-8-15/h11,14-16H,4-10H2,1-3H3,(H,20,25)(H,21,24)(H,22,23)/t11-,14-,16+/m0/s1. The van der Waals surface area contributed by atoms with Gasteiger partial charge in [-0.05, 0) is 57.9 Å². The third-order valence-corrected chi connectivity index (χ3v) is 5.55. The first-order valence-electron chi connectivity index (χ1n) is 9.55. The highest BCUT2D eigenvalue weighted by atomic mass is 16.2. The third kappa shape index (κ3) is 4.61. The van der Waals surface area contributed by atoms with E-state index in [0.29, 0.717) is 12.5 Å². The molecule has 2 aliphatic rings. The smallest absolute Gasteiger partial charge is 0.223 e. The van der Waals surface area contributed by atoms with E-state index >= 15 is 0 Å². The maximum absolute atomic E-state index is 12.6.